The van der Waals surface area contributed by atoms with Crippen LogP contribution in [0.5, 0.6) is 0 Å². The highest BCUT2D eigenvalue weighted by Gasteiger charge is 2.14. The van der Waals surface area contributed by atoms with Gasteiger partial charge in [0.25, 0.3) is 5.91 Å². The van der Waals surface area contributed by atoms with E-state index in [1.54, 1.807) is 6.07 Å². The Hall–Kier alpha value is -2.67. The smallest absolute Gasteiger partial charge is 0.325 e. The Morgan fingerprint density at radius 1 is 1.36 bits per heavy atom. The monoisotopic (exact) mass is 301 g/mol. The maximum Gasteiger partial charge on any atom is 0.325 e. The Morgan fingerprint density at radius 2 is 2.23 bits per heavy atom. The van der Waals surface area contributed by atoms with Crippen molar-refractivity contribution in [2.24, 2.45) is 0 Å². The maximum absolute atomic E-state index is 12.2. The average Bonchev–Trinajstić information content (AvgIpc) is 2.93. The second kappa shape index (κ2) is 5.98. The lowest BCUT2D eigenvalue weighted by atomic mass is 10.00. The molecule has 2 heterocycles. The van der Waals surface area contributed by atoms with Crippen molar-refractivity contribution in [3.05, 3.63) is 47.3 Å². The molecule has 114 valence electrons. The van der Waals surface area contributed by atoms with Gasteiger partial charge in [-0.1, -0.05) is 6.07 Å². The zero-order valence-corrected chi connectivity index (χ0v) is 11.8. The summed E-state index contributed by atoms with van der Waals surface area (Å²) in [5.41, 5.74) is 3.26. The van der Waals surface area contributed by atoms with Gasteiger partial charge in [-0.05, 0) is 29.7 Å². The van der Waals surface area contributed by atoms with E-state index >= 15 is 0 Å². The number of nitrogens with one attached hydrogen (secondary N) is 1. The van der Waals surface area contributed by atoms with Gasteiger partial charge in [-0.3, -0.25) is 14.3 Å². The molecule has 0 atom stereocenters. The summed E-state index contributed by atoms with van der Waals surface area (Å²) in [6, 6.07) is 5.52. The minimum Gasteiger partial charge on any atom is -0.480 e. The van der Waals surface area contributed by atoms with Crippen LogP contribution >= 0.6 is 0 Å². The third-order valence-corrected chi connectivity index (χ3v) is 3.43. The van der Waals surface area contributed by atoms with E-state index in [0.717, 1.165) is 17.5 Å². The number of anilines is 1. The fraction of sp³-hybridized carbons (Fsp3) is 0.267. The van der Waals surface area contributed by atoms with E-state index in [-0.39, 0.29) is 12.5 Å². The number of carboxylic acids is 1. The summed E-state index contributed by atoms with van der Waals surface area (Å²) in [6.07, 6.45) is 3.71. The fourth-order valence-corrected chi connectivity index (χ4v) is 2.36. The van der Waals surface area contributed by atoms with E-state index in [4.69, 9.17) is 9.84 Å². The molecule has 0 saturated carbocycles. The molecule has 1 aromatic carbocycles. The van der Waals surface area contributed by atoms with E-state index in [1.807, 2.05) is 12.1 Å². The largest absolute Gasteiger partial charge is 0.480 e. The molecular weight excluding hydrogens is 286 g/mol. The molecule has 7 heteroatoms. The summed E-state index contributed by atoms with van der Waals surface area (Å²) in [4.78, 5) is 22.8. The highest BCUT2D eigenvalue weighted by molar-refractivity contribution is 6.04. The summed E-state index contributed by atoms with van der Waals surface area (Å²) in [5, 5.41) is 15.3. The summed E-state index contributed by atoms with van der Waals surface area (Å²) >= 11 is 0. The van der Waals surface area contributed by atoms with E-state index in [1.165, 1.54) is 17.1 Å². The molecule has 0 fully saturated rings. The van der Waals surface area contributed by atoms with Gasteiger partial charge in [0.15, 0.2) is 0 Å². The zero-order valence-electron chi connectivity index (χ0n) is 11.8. The molecule has 0 saturated heterocycles. The molecular formula is C15H15N3O4. The van der Waals surface area contributed by atoms with E-state index in [9.17, 15) is 9.59 Å². The van der Waals surface area contributed by atoms with Crippen LogP contribution < -0.4 is 5.32 Å². The normalized spacial score (nSPS) is 13.5. The van der Waals surface area contributed by atoms with Crippen LogP contribution in [-0.4, -0.2) is 33.4 Å². The van der Waals surface area contributed by atoms with Crippen molar-refractivity contribution in [1.29, 1.82) is 0 Å². The topological polar surface area (TPSA) is 93.5 Å². The second-order valence-corrected chi connectivity index (χ2v) is 5.06. The van der Waals surface area contributed by atoms with Crippen LogP contribution in [-0.2, 0) is 29.1 Å². The number of rotatable bonds is 4. The SMILES string of the molecule is O=C(O)Cn1cc(NC(=O)c2ccc3c(c2)CCOC3)cn1. The molecule has 0 aliphatic carbocycles. The maximum atomic E-state index is 12.2. The van der Waals surface area contributed by atoms with E-state index < -0.39 is 5.97 Å². The summed E-state index contributed by atoms with van der Waals surface area (Å²) in [7, 11) is 0. The molecule has 22 heavy (non-hydrogen) atoms. The minimum absolute atomic E-state index is 0.241. The lowest BCUT2D eigenvalue weighted by molar-refractivity contribution is -0.137. The number of aromatic nitrogens is 2. The summed E-state index contributed by atoms with van der Waals surface area (Å²) < 4.78 is 6.62. The summed E-state index contributed by atoms with van der Waals surface area (Å²) in [5.74, 6) is -1.23. The van der Waals surface area contributed by atoms with Crippen LogP contribution in [0.4, 0.5) is 5.69 Å². The number of ether oxygens (including phenoxy) is 1. The second-order valence-electron chi connectivity index (χ2n) is 5.06. The number of amides is 1. The van der Waals surface area contributed by atoms with Gasteiger partial charge in [-0.25, -0.2) is 0 Å². The first-order valence-electron chi connectivity index (χ1n) is 6.87. The van der Waals surface area contributed by atoms with Crippen LogP contribution in [0.1, 0.15) is 21.5 Å². The molecule has 2 N–H and O–H groups in total. The quantitative estimate of drug-likeness (QED) is 0.887. The van der Waals surface area contributed by atoms with Crippen LogP contribution in [0, 0.1) is 0 Å². The standard InChI is InChI=1S/C15H15N3O4/c19-14(20)8-18-7-13(6-16-18)17-15(21)11-1-2-12-9-22-4-3-10(12)5-11/h1-2,5-7H,3-4,8-9H2,(H,17,21)(H,19,20). The van der Waals surface area contributed by atoms with Gasteiger partial charge in [0, 0.05) is 11.8 Å². The molecule has 3 rings (SSSR count). The molecule has 0 radical (unpaired) electrons. The number of hydrogen-bond acceptors (Lipinski definition) is 4. The molecule has 1 aliphatic rings. The zero-order chi connectivity index (χ0) is 15.5. The molecule has 7 nitrogen and oxygen atoms in total. The number of carboxylic acid groups (broad SMARTS) is 1. The van der Waals surface area contributed by atoms with Gasteiger partial charge in [0.05, 0.1) is 25.1 Å². The molecule has 1 amide bonds. The Kier molecular flexibility index (Phi) is 3.88. The number of nitrogens with zero attached hydrogens (tertiary/aromatic N) is 2. The lowest BCUT2D eigenvalue weighted by Gasteiger charge is -2.17. The predicted octanol–water partition coefficient (Wildman–Crippen LogP) is 1.29. The van der Waals surface area contributed by atoms with Gasteiger partial charge in [0.1, 0.15) is 6.54 Å². The Balaban J connectivity index is 1.71. The fourth-order valence-electron chi connectivity index (χ4n) is 2.36. The van der Waals surface area contributed by atoms with Crippen LogP contribution in [0.15, 0.2) is 30.6 Å². The van der Waals surface area contributed by atoms with Crippen molar-refractivity contribution in [2.45, 2.75) is 19.6 Å². The molecule has 1 aliphatic heterocycles. The third-order valence-electron chi connectivity index (χ3n) is 3.43. The number of benzene rings is 1. The van der Waals surface area contributed by atoms with E-state index in [0.29, 0.717) is 24.5 Å². The first-order chi connectivity index (χ1) is 10.6. The highest BCUT2D eigenvalue weighted by Crippen LogP contribution is 2.19. The number of carbonyl (C=O) groups is 2. The minimum atomic E-state index is -0.988. The number of aliphatic carboxylic acids is 1. The van der Waals surface area contributed by atoms with Gasteiger partial charge < -0.3 is 15.2 Å². The highest BCUT2D eigenvalue weighted by atomic mass is 16.5. The van der Waals surface area contributed by atoms with Crippen LogP contribution in [0.25, 0.3) is 0 Å². The Bertz CT molecular complexity index is 723. The first kappa shape index (κ1) is 14.3. The van der Waals surface area contributed by atoms with Crippen molar-refractivity contribution < 1.29 is 19.4 Å². The van der Waals surface area contributed by atoms with Crippen LogP contribution in [0.3, 0.4) is 0 Å². The van der Waals surface area contributed by atoms with Crippen molar-refractivity contribution in [2.75, 3.05) is 11.9 Å². The molecule has 2 aromatic rings. The molecule has 0 spiro atoms. The van der Waals surface area contributed by atoms with Gasteiger partial charge in [-0.15, -0.1) is 0 Å². The Morgan fingerprint density at radius 3 is 3.05 bits per heavy atom. The lowest BCUT2D eigenvalue weighted by Crippen LogP contribution is -2.15. The third kappa shape index (κ3) is 3.15. The molecule has 0 unspecified atom stereocenters. The predicted molar refractivity (Wildman–Crippen MR) is 77.6 cm³/mol. The van der Waals surface area contributed by atoms with Crippen LogP contribution in [0.2, 0.25) is 0 Å². The summed E-state index contributed by atoms with van der Waals surface area (Å²) in [6.45, 7) is 1.01. The van der Waals surface area contributed by atoms with Crippen molar-refractivity contribution in [3.63, 3.8) is 0 Å². The molecule has 0 bridgehead atoms. The Labute approximate surface area is 126 Å². The van der Waals surface area contributed by atoms with Crippen molar-refractivity contribution >= 4 is 17.6 Å². The number of hydrogen-bond donors (Lipinski definition) is 2. The van der Waals surface area contributed by atoms with E-state index in [2.05, 4.69) is 10.4 Å². The number of carbonyl (C=O) groups excluding carboxylic acids is 1. The van der Waals surface area contributed by atoms with Gasteiger partial charge in [-0.2, -0.15) is 5.10 Å². The number of fused-ring (bicyclic) bond motifs is 1. The van der Waals surface area contributed by atoms with Crippen molar-refractivity contribution in [1.82, 2.24) is 9.78 Å². The first-order valence-corrected chi connectivity index (χ1v) is 6.87. The molecule has 1 aromatic heterocycles. The van der Waals surface area contributed by atoms with Crippen molar-refractivity contribution in [3.8, 4) is 0 Å². The average molecular weight is 301 g/mol. The van der Waals surface area contributed by atoms with Gasteiger partial charge >= 0.3 is 5.97 Å². The van der Waals surface area contributed by atoms with Gasteiger partial charge in [0.2, 0.25) is 0 Å².